The van der Waals surface area contributed by atoms with Crippen molar-refractivity contribution in [3.8, 4) is 5.88 Å². The summed E-state index contributed by atoms with van der Waals surface area (Å²) in [5.41, 5.74) is 1.33. The SMILES string of the molecule is CC(C)(C)OC(=O)N1CCN(c2ccc(OCc3ccc(S(C)(=O)=O)cc3)nc2)CC1. The second-order valence-corrected chi connectivity index (χ2v) is 10.5. The molecule has 8 nitrogen and oxygen atoms in total. The van der Waals surface area contributed by atoms with Gasteiger partial charge in [0.05, 0.1) is 16.8 Å². The van der Waals surface area contributed by atoms with Crippen molar-refractivity contribution in [3.63, 3.8) is 0 Å². The molecule has 3 rings (SSSR count). The van der Waals surface area contributed by atoms with E-state index in [0.717, 1.165) is 11.3 Å². The molecular formula is C22H29N3O5S. The van der Waals surface area contributed by atoms with Crippen LogP contribution in [-0.4, -0.2) is 62.4 Å². The van der Waals surface area contributed by atoms with Crippen LogP contribution in [0.25, 0.3) is 0 Å². The van der Waals surface area contributed by atoms with Crippen molar-refractivity contribution in [2.45, 2.75) is 37.9 Å². The zero-order chi connectivity index (χ0) is 22.6. The van der Waals surface area contributed by atoms with Crippen molar-refractivity contribution in [2.75, 3.05) is 37.3 Å². The van der Waals surface area contributed by atoms with Crippen LogP contribution in [0.5, 0.6) is 5.88 Å². The highest BCUT2D eigenvalue weighted by molar-refractivity contribution is 7.90. The number of piperazine rings is 1. The number of hydrogen-bond acceptors (Lipinski definition) is 7. The van der Waals surface area contributed by atoms with Gasteiger partial charge in [0.15, 0.2) is 9.84 Å². The van der Waals surface area contributed by atoms with Gasteiger partial charge in [-0.25, -0.2) is 18.2 Å². The molecule has 1 fully saturated rings. The molecular weight excluding hydrogens is 418 g/mol. The van der Waals surface area contributed by atoms with Crippen LogP contribution in [0.1, 0.15) is 26.3 Å². The van der Waals surface area contributed by atoms with Gasteiger partial charge in [-0.15, -0.1) is 0 Å². The first-order chi connectivity index (χ1) is 14.5. The first kappa shape index (κ1) is 22.9. The number of amides is 1. The normalized spacial score (nSPS) is 15.0. The third-order valence-electron chi connectivity index (χ3n) is 4.76. The van der Waals surface area contributed by atoms with Crippen LogP contribution in [0.2, 0.25) is 0 Å². The minimum atomic E-state index is -3.21. The standard InChI is InChI=1S/C22H29N3O5S/c1-22(2,3)30-21(26)25-13-11-24(12-14-25)18-7-10-20(23-15-18)29-16-17-5-8-19(9-6-17)31(4,27)28/h5-10,15H,11-14,16H2,1-4H3. The van der Waals surface area contributed by atoms with E-state index >= 15 is 0 Å². The Hall–Kier alpha value is -2.81. The summed E-state index contributed by atoms with van der Waals surface area (Å²) in [6.07, 6.45) is 2.66. The molecule has 0 unspecified atom stereocenters. The summed E-state index contributed by atoms with van der Waals surface area (Å²) in [4.78, 5) is 20.7. The van der Waals surface area contributed by atoms with E-state index in [2.05, 4.69) is 9.88 Å². The first-order valence-corrected chi connectivity index (χ1v) is 12.0. The monoisotopic (exact) mass is 447 g/mol. The number of carbonyl (C=O) groups is 1. The molecule has 2 aromatic rings. The second-order valence-electron chi connectivity index (χ2n) is 8.51. The summed E-state index contributed by atoms with van der Waals surface area (Å²) >= 11 is 0. The fourth-order valence-corrected chi connectivity index (χ4v) is 3.74. The van der Waals surface area contributed by atoms with Crippen LogP contribution in [0.4, 0.5) is 10.5 Å². The number of anilines is 1. The topological polar surface area (TPSA) is 89.0 Å². The molecule has 31 heavy (non-hydrogen) atoms. The van der Waals surface area contributed by atoms with E-state index in [1.165, 1.54) is 6.26 Å². The number of hydrogen-bond donors (Lipinski definition) is 0. The Morgan fingerprint density at radius 3 is 2.19 bits per heavy atom. The van der Waals surface area contributed by atoms with E-state index in [4.69, 9.17) is 9.47 Å². The van der Waals surface area contributed by atoms with Gasteiger partial charge in [0.2, 0.25) is 5.88 Å². The summed E-state index contributed by atoms with van der Waals surface area (Å²) in [7, 11) is -3.21. The lowest BCUT2D eigenvalue weighted by molar-refractivity contribution is 0.0240. The van der Waals surface area contributed by atoms with E-state index in [1.54, 1.807) is 41.4 Å². The van der Waals surface area contributed by atoms with Crippen LogP contribution in [-0.2, 0) is 21.2 Å². The zero-order valence-electron chi connectivity index (χ0n) is 18.4. The lowest BCUT2D eigenvalue weighted by Crippen LogP contribution is -2.50. The highest BCUT2D eigenvalue weighted by atomic mass is 32.2. The summed E-state index contributed by atoms with van der Waals surface area (Å²) in [5, 5.41) is 0. The number of pyridine rings is 1. The molecule has 0 N–H and O–H groups in total. The van der Waals surface area contributed by atoms with Gasteiger partial charge in [-0.2, -0.15) is 0 Å². The quantitative estimate of drug-likeness (QED) is 0.696. The average molecular weight is 448 g/mol. The predicted molar refractivity (Wildman–Crippen MR) is 118 cm³/mol. The lowest BCUT2D eigenvalue weighted by Gasteiger charge is -2.36. The van der Waals surface area contributed by atoms with E-state index in [-0.39, 0.29) is 11.0 Å². The van der Waals surface area contributed by atoms with Gasteiger partial charge in [0, 0.05) is 38.5 Å². The summed E-state index contributed by atoms with van der Waals surface area (Å²) in [6.45, 7) is 8.48. The molecule has 2 heterocycles. The summed E-state index contributed by atoms with van der Waals surface area (Å²) < 4.78 is 34.2. The molecule has 1 aromatic heterocycles. The molecule has 1 aliphatic rings. The van der Waals surface area contributed by atoms with Crippen LogP contribution >= 0.6 is 0 Å². The van der Waals surface area contributed by atoms with Crippen LogP contribution in [0, 0.1) is 0 Å². The fraction of sp³-hybridized carbons (Fsp3) is 0.455. The predicted octanol–water partition coefficient (Wildman–Crippen LogP) is 3.12. The number of carbonyl (C=O) groups excluding carboxylic acids is 1. The van der Waals surface area contributed by atoms with Gasteiger partial charge in [0.1, 0.15) is 12.2 Å². The van der Waals surface area contributed by atoms with Crippen LogP contribution in [0.3, 0.4) is 0 Å². The van der Waals surface area contributed by atoms with Gasteiger partial charge >= 0.3 is 6.09 Å². The maximum Gasteiger partial charge on any atom is 0.410 e. The Kier molecular flexibility index (Phi) is 6.74. The smallest absolute Gasteiger partial charge is 0.410 e. The molecule has 0 spiro atoms. The number of nitrogens with zero attached hydrogens (tertiary/aromatic N) is 3. The third kappa shape index (κ3) is 6.58. The Morgan fingerprint density at radius 1 is 1.03 bits per heavy atom. The van der Waals surface area contributed by atoms with Gasteiger partial charge in [-0.3, -0.25) is 0 Å². The molecule has 1 aromatic carbocycles. The molecule has 1 aliphatic heterocycles. The molecule has 0 aliphatic carbocycles. The molecule has 0 atom stereocenters. The molecule has 1 amide bonds. The summed E-state index contributed by atoms with van der Waals surface area (Å²) in [6, 6.07) is 10.4. The van der Waals surface area contributed by atoms with Gasteiger partial charge in [-0.05, 0) is 44.5 Å². The first-order valence-electron chi connectivity index (χ1n) is 10.1. The fourth-order valence-electron chi connectivity index (χ4n) is 3.11. The summed E-state index contributed by atoms with van der Waals surface area (Å²) in [5.74, 6) is 0.489. The zero-order valence-corrected chi connectivity index (χ0v) is 19.2. The molecule has 1 saturated heterocycles. The van der Waals surface area contributed by atoms with Gasteiger partial charge in [-0.1, -0.05) is 12.1 Å². The Labute approximate surface area is 183 Å². The minimum absolute atomic E-state index is 0.279. The van der Waals surface area contributed by atoms with E-state index in [0.29, 0.717) is 38.7 Å². The van der Waals surface area contributed by atoms with Crippen molar-refractivity contribution >= 4 is 21.6 Å². The Balaban J connectivity index is 1.50. The van der Waals surface area contributed by atoms with E-state index in [1.807, 2.05) is 26.8 Å². The molecule has 0 radical (unpaired) electrons. The van der Waals surface area contributed by atoms with Gasteiger partial charge in [0.25, 0.3) is 0 Å². The Bertz CT molecular complexity index is 991. The van der Waals surface area contributed by atoms with Crippen molar-refractivity contribution in [1.29, 1.82) is 0 Å². The highest BCUT2D eigenvalue weighted by Crippen LogP contribution is 2.20. The second kappa shape index (κ2) is 9.13. The number of rotatable bonds is 5. The largest absolute Gasteiger partial charge is 0.473 e. The number of aromatic nitrogens is 1. The number of benzene rings is 1. The van der Waals surface area contributed by atoms with Crippen LogP contribution in [0.15, 0.2) is 47.5 Å². The minimum Gasteiger partial charge on any atom is -0.473 e. The third-order valence-corrected chi connectivity index (χ3v) is 5.88. The van der Waals surface area contributed by atoms with Crippen molar-refractivity contribution < 1.29 is 22.7 Å². The number of ether oxygens (including phenoxy) is 2. The molecule has 9 heteroatoms. The van der Waals surface area contributed by atoms with Crippen LogP contribution < -0.4 is 9.64 Å². The number of sulfone groups is 1. The molecule has 0 saturated carbocycles. The van der Waals surface area contributed by atoms with Gasteiger partial charge < -0.3 is 19.3 Å². The van der Waals surface area contributed by atoms with Crippen molar-refractivity contribution in [3.05, 3.63) is 48.2 Å². The highest BCUT2D eigenvalue weighted by Gasteiger charge is 2.26. The molecule has 168 valence electrons. The molecule has 0 bridgehead atoms. The lowest BCUT2D eigenvalue weighted by atomic mass is 10.2. The van der Waals surface area contributed by atoms with Crippen molar-refractivity contribution in [2.24, 2.45) is 0 Å². The average Bonchev–Trinajstić information content (AvgIpc) is 2.71. The van der Waals surface area contributed by atoms with E-state index in [9.17, 15) is 13.2 Å². The van der Waals surface area contributed by atoms with E-state index < -0.39 is 15.4 Å². The maximum absolute atomic E-state index is 12.2. The Morgan fingerprint density at radius 2 is 1.68 bits per heavy atom. The maximum atomic E-state index is 12.2. The van der Waals surface area contributed by atoms with Crippen molar-refractivity contribution in [1.82, 2.24) is 9.88 Å².